The summed E-state index contributed by atoms with van der Waals surface area (Å²) in [5.74, 6) is -1.33. The molecule has 0 spiro atoms. The van der Waals surface area contributed by atoms with E-state index in [1.54, 1.807) is 24.3 Å². The fraction of sp³-hybridized carbons (Fsp3) is 0.160. The van der Waals surface area contributed by atoms with E-state index >= 15 is 0 Å². The van der Waals surface area contributed by atoms with Crippen LogP contribution >= 0.6 is 11.6 Å². The standard InChI is InChI=1S/C25H23ClN2O4/c26-21-14-8-7-13-20(21)25(31)28-22(19-11-5-2-6-12-19)15-23(29)27-16-24(30)32-17-18-9-3-1-4-10-18/h1-14,22H,15-17H2,(H,27,29)(H,28,31). The summed E-state index contributed by atoms with van der Waals surface area (Å²) in [4.78, 5) is 37.2. The Hall–Kier alpha value is -3.64. The molecule has 0 saturated heterocycles. The van der Waals surface area contributed by atoms with E-state index < -0.39 is 17.9 Å². The van der Waals surface area contributed by atoms with E-state index in [4.69, 9.17) is 16.3 Å². The van der Waals surface area contributed by atoms with Crippen molar-refractivity contribution in [2.45, 2.75) is 19.1 Å². The average molecular weight is 451 g/mol. The molecule has 2 amide bonds. The zero-order valence-corrected chi connectivity index (χ0v) is 18.0. The van der Waals surface area contributed by atoms with Gasteiger partial charge in [-0.1, -0.05) is 84.4 Å². The van der Waals surface area contributed by atoms with Crippen LogP contribution in [0.5, 0.6) is 0 Å². The number of amides is 2. The van der Waals surface area contributed by atoms with Crippen molar-refractivity contribution >= 4 is 29.4 Å². The number of esters is 1. The molecule has 6 nitrogen and oxygen atoms in total. The molecule has 1 atom stereocenters. The Kier molecular flexibility index (Phi) is 8.40. The van der Waals surface area contributed by atoms with Crippen LogP contribution in [0.2, 0.25) is 5.02 Å². The molecule has 2 N–H and O–H groups in total. The van der Waals surface area contributed by atoms with Gasteiger partial charge >= 0.3 is 5.97 Å². The fourth-order valence-electron chi connectivity index (χ4n) is 3.04. The maximum Gasteiger partial charge on any atom is 0.325 e. The minimum absolute atomic E-state index is 0.0494. The summed E-state index contributed by atoms with van der Waals surface area (Å²) in [6, 6.07) is 24.5. The predicted octanol–water partition coefficient (Wildman–Crippen LogP) is 4.06. The zero-order valence-electron chi connectivity index (χ0n) is 17.3. The third-order valence-corrected chi connectivity index (χ3v) is 5.02. The first-order chi connectivity index (χ1) is 15.5. The van der Waals surface area contributed by atoms with E-state index in [-0.39, 0.29) is 25.5 Å². The lowest BCUT2D eigenvalue weighted by Gasteiger charge is -2.19. The Morgan fingerprint density at radius 1 is 0.844 bits per heavy atom. The van der Waals surface area contributed by atoms with Crippen molar-refractivity contribution in [3.8, 4) is 0 Å². The Balaban J connectivity index is 1.57. The molecule has 3 aromatic carbocycles. The quantitative estimate of drug-likeness (QED) is 0.481. The van der Waals surface area contributed by atoms with Crippen molar-refractivity contribution < 1.29 is 19.1 Å². The van der Waals surface area contributed by atoms with E-state index in [0.717, 1.165) is 11.1 Å². The van der Waals surface area contributed by atoms with Gasteiger partial charge in [0.2, 0.25) is 5.91 Å². The molecule has 164 valence electrons. The third-order valence-electron chi connectivity index (χ3n) is 4.69. The Bertz CT molecular complexity index is 1060. The second-order valence-corrected chi connectivity index (χ2v) is 7.45. The van der Waals surface area contributed by atoms with Crippen molar-refractivity contribution in [1.82, 2.24) is 10.6 Å². The fourth-order valence-corrected chi connectivity index (χ4v) is 3.26. The van der Waals surface area contributed by atoms with Gasteiger partial charge < -0.3 is 15.4 Å². The molecular formula is C25H23ClN2O4. The van der Waals surface area contributed by atoms with Gasteiger partial charge in [0.25, 0.3) is 5.91 Å². The third kappa shape index (κ3) is 6.96. The summed E-state index contributed by atoms with van der Waals surface area (Å²) in [6.45, 7) is -0.123. The minimum atomic E-state index is -0.597. The number of benzene rings is 3. The van der Waals surface area contributed by atoms with Gasteiger partial charge in [-0.2, -0.15) is 0 Å². The number of nitrogens with one attached hydrogen (secondary N) is 2. The number of carbonyl (C=O) groups is 3. The molecule has 1 unspecified atom stereocenters. The van der Waals surface area contributed by atoms with Crippen LogP contribution in [0.25, 0.3) is 0 Å². The molecule has 0 heterocycles. The zero-order chi connectivity index (χ0) is 22.8. The van der Waals surface area contributed by atoms with Crippen LogP contribution in [0.1, 0.15) is 33.9 Å². The number of ether oxygens (including phenoxy) is 1. The van der Waals surface area contributed by atoms with E-state index in [1.807, 2.05) is 60.7 Å². The molecule has 7 heteroatoms. The van der Waals surface area contributed by atoms with E-state index in [1.165, 1.54) is 0 Å². The van der Waals surface area contributed by atoms with Crippen LogP contribution in [0.3, 0.4) is 0 Å². The van der Waals surface area contributed by atoms with Crippen LogP contribution in [0, 0.1) is 0 Å². The van der Waals surface area contributed by atoms with E-state index in [2.05, 4.69) is 10.6 Å². The topological polar surface area (TPSA) is 84.5 Å². The van der Waals surface area contributed by atoms with Gasteiger partial charge in [-0.15, -0.1) is 0 Å². The summed E-state index contributed by atoms with van der Waals surface area (Å²) in [5, 5.41) is 5.73. The smallest absolute Gasteiger partial charge is 0.325 e. The molecule has 0 saturated carbocycles. The van der Waals surface area contributed by atoms with E-state index in [9.17, 15) is 14.4 Å². The van der Waals surface area contributed by atoms with Crippen LogP contribution < -0.4 is 10.6 Å². The monoisotopic (exact) mass is 450 g/mol. The molecule has 3 rings (SSSR count). The van der Waals surface area contributed by atoms with Gasteiger partial charge in [0.1, 0.15) is 13.2 Å². The Morgan fingerprint density at radius 2 is 1.47 bits per heavy atom. The van der Waals surface area contributed by atoms with Gasteiger partial charge in [-0.05, 0) is 23.3 Å². The first-order valence-corrected chi connectivity index (χ1v) is 10.5. The largest absolute Gasteiger partial charge is 0.460 e. The highest BCUT2D eigenvalue weighted by Gasteiger charge is 2.20. The molecule has 0 bridgehead atoms. The van der Waals surface area contributed by atoms with Gasteiger partial charge in [0, 0.05) is 0 Å². The van der Waals surface area contributed by atoms with Crippen molar-refractivity contribution in [3.63, 3.8) is 0 Å². The van der Waals surface area contributed by atoms with Crippen molar-refractivity contribution in [2.24, 2.45) is 0 Å². The van der Waals surface area contributed by atoms with Crippen molar-refractivity contribution in [3.05, 3.63) is 107 Å². The Labute approximate surface area is 191 Å². The maximum atomic E-state index is 12.7. The molecule has 0 fully saturated rings. The number of carbonyl (C=O) groups excluding carboxylic acids is 3. The van der Waals surface area contributed by atoms with Crippen LogP contribution in [-0.4, -0.2) is 24.3 Å². The highest BCUT2D eigenvalue weighted by molar-refractivity contribution is 6.33. The summed E-state index contributed by atoms with van der Waals surface area (Å²) < 4.78 is 5.17. The normalized spacial score (nSPS) is 11.3. The van der Waals surface area contributed by atoms with Crippen molar-refractivity contribution in [1.29, 1.82) is 0 Å². The number of hydrogen-bond donors (Lipinski definition) is 2. The number of rotatable bonds is 9. The molecule has 0 aromatic heterocycles. The summed E-state index contributed by atoms with van der Waals surface area (Å²) in [6.07, 6.45) is -0.0494. The second kappa shape index (κ2) is 11.7. The Morgan fingerprint density at radius 3 is 2.16 bits per heavy atom. The predicted molar refractivity (Wildman–Crippen MR) is 122 cm³/mol. The first kappa shape index (κ1) is 23.0. The first-order valence-electron chi connectivity index (χ1n) is 10.1. The molecule has 3 aromatic rings. The molecule has 0 aliphatic rings. The number of halogens is 1. The molecular weight excluding hydrogens is 428 g/mol. The SMILES string of the molecule is O=C(CC(NC(=O)c1ccccc1Cl)c1ccccc1)NCC(=O)OCc1ccccc1. The summed E-state index contributed by atoms with van der Waals surface area (Å²) >= 11 is 6.12. The molecule has 0 aliphatic carbocycles. The molecule has 32 heavy (non-hydrogen) atoms. The van der Waals surface area contributed by atoms with Crippen LogP contribution in [0.4, 0.5) is 0 Å². The van der Waals surface area contributed by atoms with Gasteiger partial charge in [0.15, 0.2) is 0 Å². The second-order valence-electron chi connectivity index (χ2n) is 7.04. The number of hydrogen-bond acceptors (Lipinski definition) is 4. The lowest BCUT2D eigenvalue weighted by molar-refractivity contribution is -0.145. The van der Waals surface area contributed by atoms with Crippen molar-refractivity contribution in [2.75, 3.05) is 6.54 Å². The van der Waals surface area contributed by atoms with Gasteiger partial charge in [-0.3, -0.25) is 14.4 Å². The lowest BCUT2D eigenvalue weighted by Crippen LogP contribution is -2.36. The highest BCUT2D eigenvalue weighted by atomic mass is 35.5. The lowest BCUT2D eigenvalue weighted by atomic mass is 10.0. The van der Waals surface area contributed by atoms with Gasteiger partial charge in [0.05, 0.1) is 23.0 Å². The summed E-state index contributed by atoms with van der Waals surface area (Å²) in [7, 11) is 0. The summed E-state index contributed by atoms with van der Waals surface area (Å²) in [5.41, 5.74) is 1.94. The van der Waals surface area contributed by atoms with Crippen LogP contribution in [0.15, 0.2) is 84.9 Å². The minimum Gasteiger partial charge on any atom is -0.460 e. The molecule has 0 aliphatic heterocycles. The van der Waals surface area contributed by atoms with Crippen LogP contribution in [-0.2, 0) is 20.9 Å². The maximum absolute atomic E-state index is 12.7. The highest BCUT2D eigenvalue weighted by Crippen LogP contribution is 2.20. The van der Waals surface area contributed by atoms with E-state index in [0.29, 0.717) is 10.6 Å². The molecule has 0 radical (unpaired) electrons. The van der Waals surface area contributed by atoms with Gasteiger partial charge in [-0.25, -0.2) is 0 Å². The average Bonchev–Trinajstić information content (AvgIpc) is 2.82.